The van der Waals surface area contributed by atoms with Crippen molar-refractivity contribution in [3.05, 3.63) is 90.5 Å². The van der Waals surface area contributed by atoms with Gasteiger partial charge in [0, 0.05) is 23.7 Å². The van der Waals surface area contributed by atoms with E-state index in [1.165, 1.54) is 9.80 Å². The number of halogens is 1. The van der Waals surface area contributed by atoms with Gasteiger partial charge in [0.15, 0.2) is 0 Å². The number of nitrogens with zero attached hydrogens (tertiary/aromatic N) is 2. The molecule has 256 valence electrons. The number of nitrogens with one attached hydrogen (secondary N) is 1. The maximum absolute atomic E-state index is 14.7. The van der Waals surface area contributed by atoms with E-state index in [-0.39, 0.29) is 38.0 Å². The molecule has 2 N–H and O–H groups in total. The average Bonchev–Trinajstić information content (AvgIpc) is 3.73. The Balaban J connectivity index is 1.49. The van der Waals surface area contributed by atoms with Gasteiger partial charge in [-0.25, -0.2) is 0 Å². The highest BCUT2D eigenvalue weighted by Crippen LogP contribution is 2.59. The lowest BCUT2D eigenvalue weighted by Gasteiger charge is -2.40. The lowest BCUT2D eigenvalue weighted by atomic mass is 9.70. The maximum Gasteiger partial charge on any atom is 0.306 e. The van der Waals surface area contributed by atoms with Gasteiger partial charge in [-0.05, 0) is 55.0 Å². The van der Waals surface area contributed by atoms with Gasteiger partial charge in [0.1, 0.15) is 18.2 Å². The van der Waals surface area contributed by atoms with Crippen LogP contribution in [-0.4, -0.2) is 77.2 Å². The van der Waals surface area contributed by atoms with Gasteiger partial charge in [0.2, 0.25) is 11.8 Å². The van der Waals surface area contributed by atoms with Crippen LogP contribution >= 0.6 is 11.6 Å². The molecule has 2 aromatic carbocycles. The molecule has 10 nitrogen and oxygen atoms in total. The Kier molecular flexibility index (Phi) is 11.1. The van der Waals surface area contributed by atoms with E-state index in [2.05, 4.69) is 18.5 Å². The summed E-state index contributed by atoms with van der Waals surface area (Å²) in [5.74, 6) is -3.67. The number of hydrogen-bond acceptors (Lipinski definition) is 7. The summed E-state index contributed by atoms with van der Waals surface area (Å²) in [6.45, 7) is 10.9. The quantitative estimate of drug-likeness (QED) is 0.208. The molecule has 0 saturated carbocycles. The molecule has 1 spiro atoms. The number of carbonyl (C=O) groups excluding carboxylic acids is 4. The van der Waals surface area contributed by atoms with E-state index in [9.17, 15) is 24.3 Å². The first-order valence-electron chi connectivity index (χ1n) is 16.5. The summed E-state index contributed by atoms with van der Waals surface area (Å²) in [6, 6.07) is 13.5. The molecule has 0 aliphatic carbocycles. The summed E-state index contributed by atoms with van der Waals surface area (Å²) in [7, 11) is 0. The monoisotopic (exact) mass is 677 g/mol. The molecular weight excluding hydrogens is 634 g/mol. The Bertz CT molecular complexity index is 1520. The molecule has 0 radical (unpaired) electrons. The van der Waals surface area contributed by atoms with E-state index in [0.717, 1.165) is 5.56 Å². The number of fused-ring (bicyclic) bond motifs is 1. The summed E-state index contributed by atoms with van der Waals surface area (Å²) in [5.41, 5.74) is 0.0163. The Labute approximate surface area is 286 Å². The minimum Gasteiger partial charge on any atom is -0.463 e. The van der Waals surface area contributed by atoms with Crippen LogP contribution in [0.4, 0.5) is 5.69 Å². The number of rotatable bonds is 15. The third-order valence-electron chi connectivity index (χ3n) is 9.79. The Hall–Kier alpha value is -3.99. The second-order valence-corrected chi connectivity index (χ2v) is 13.4. The first-order chi connectivity index (χ1) is 23.1. The molecule has 3 amide bonds. The van der Waals surface area contributed by atoms with Gasteiger partial charge < -0.3 is 29.7 Å². The highest BCUT2D eigenvalue weighted by molar-refractivity contribution is 6.30. The number of aliphatic hydroxyl groups excluding tert-OH is 1. The molecular formula is C37H44ClN3O7. The van der Waals surface area contributed by atoms with Crippen molar-refractivity contribution in [3.8, 4) is 0 Å². The van der Waals surface area contributed by atoms with Crippen LogP contribution in [0.5, 0.6) is 0 Å². The van der Waals surface area contributed by atoms with Crippen molar-refractivity contribution in [2.45, 2.75) is 69.4 Å². The van der Waals surface area contributed by atoms with Crippen molar-refractivity contribution < 1.29 is 33.8 Å². The zero-order valence-electron chi connectivity index (χ0n) is 27.4. The van der Waals surface area contributed by atoms with Gasteiger partial charge in [0.05, 0.1) is 36.6 Å². The SMILES string of the molecule is C=CCCC(=O)OC[C@H](NC(=O)[C@@H]1[C@@H]2CC[C@]3(O2)[C@H](C(=O)N(CC=C)c2ccc(Cl)cc2)N([C@@H](CO)C(C)C)C(=O)[C@@H]13)c1ccccc1. The number of likely N-dealkylation sites (tertiary alicyclic amines) is 1. The van der Waals surface area contributed by atoms with E-state index >= 15 is 0 Å². The number of allylic oxidation sites excluding steroid dienone is 1. The highest BCUT2D eigenvalue weighted by Gasteiger charge is 2.75. The number of benzene rings is 2. The number of aliphatic hydroxyl groups is 1. The summed E-state index contributed by atoms with van der Waals surface area (Å²) in [4.78, 5) is 59.0. The molecule has 2 aromatic rings. The minimum absolute atomic E-state index is 0.0987. The molecule has 3 aliphatic heterocycles. The molecule has 3 heterocycles. The van der Waals surface area contributed by atoms with Gasteiger partial charge in [-0.1, -0.05) is 67.9 Å². The molecule has 0 aromatic heterocycles. The Morgan fingerprint density at radius 1 is 1.15 bits per heavy atom. The molecule has 2 bridgehead atoms. The van der Waals surface area contributed by atoms with Crippen molar-refractivity contribution in [2.24, 2.45) is 17.8 Å². The number of hydrogen-bond donors (Lipinski definition) is 2. The zero-order chi connectivity index (χ0) is 34.6. The fourth-order valence-corrected chi connectivity index (χ4v) is 7.64. The predicted molar refractivity (Wildman–Crippen MR) is 182 cm³/mol. The Morgan fingerprint density at radius 3 is 2.48 bits per heavy atom. The van der Waals surface area contributed by atoms with Crippen LogP contribution in [-0.2, 0) is 28.7 Å². The van der Waals surface area contributed by atoms with E-state index in [1.807, 2.05) is 44.2 Å². The minimum atomic E-state index is -1.28. The molecule has 0 unspecified atom stereocenters. The third kappa shape index (κ3) is 6.66. The summed E-state index contributed by atoms with van der Waals surface area (Å²) >= 11 is 6.15. The van der Waals surface area contributed by atoms with E-state index in [0.29, 0.717) is 30.0 Å². The molecule has 5 rings (SSSR count). The van der Waals surface area contributed by atoms with Crippen LogP contribution in [0, 0.1) is 17.8 Å². The Morgan fingerprint density at radius 2 is 1.85 bits per heavy atom. The van der Waals surface area contributed by atoms with E-state index in [1.54, 1.807) is 36.4 Å². The zero-order valence-corrected chi connectivity index (χ0v) is 28.2. The van der Waals surface area contributed by atoms with Gasteiger partial charge in [-0.15, -0.1) is 13.2 Å². The topological polar surface area (TPSA) is 125 Å². The van der Waals surface area contributed by atoms with Crippen molar-refractivity contribution in [1.29, 1.82) is 0 Å². The van der Waals surface area contributed by atoms with Crippen molar-refractivity contribution in [2.75, 3.05) is 24.7 Å². The second kappa shape index (κ2) is 15.1. The number of amides is 3. The van der Waals surface area contributed by atoms with Gasteiger partial charge in [0.25, 0.3) is 5.91 Å². The molecule has 7 atom stereocenters. The normalized spacial score (nSPS) is 25.4. The fraction of sp³-hybridized carbons (Fsp3) is 0.459. The van der Waals surface area contributed by atoms with Crippen molar-refractivity contribution in [1.82, 2.24) is 10.2 Å². The van der Waals surface area contributed by atoms with Crippen LogP contribution in [0.3, 0.4) is 0 Å². The van der Waals surface area contributed by atoms with Crippen molar-refractivity contribution >= 4 is 41.0 Å². The van der Waals surface area contributed by atoms with Gasteiger partial charge >= 0.3 is 5.97 Å². The van der Waals surface area contributed by atoms with Crippen LogP contribution in [0.25, 0.3) is 0 Å². The smallest absolute Gasteiger partial charge is 0.306 e. The van der Waals surface area contributed by atoms with E-state index < -0.39 is 59.5 Å². The summed E-state index contributed by atoms with van der Waals surface area (Å²) in [6.07, 6.45) is 4.15. The highest BCUT2D eigenvalue weighted by atomic mass is 35.5. The van der Waals surface area contributed by atoms with E-state index in [4.69, 9.17) is 21.1 Å². The average molecular weight is 678 g/mol. The molecule has 3 fully saturated rings. The largest absolute Gasteiger partial charge is 0.463 e. The van der Waals surface area contributed by atoms with Gasteiger partial charge in [-0.2, -0.15) is 0 Å². The number of carbonyl (C=O) groups is 4. The standard InChI is InChI=1S/C37H44ClN3O7/c1-5-7-13-30(43)47-22-27(24-11-9-8-10-12-24)39-34(44)31-29-18-19-37(48-29)32(31)35(45)41(28(21-42)23(3)4)33(37)36(46)40(20-6-2)26-16-14-25(38)15-17-26/h5-6,8-12,14-17,23,27-29,31-33,42H,1-2,7,13,18-22H2,3-4H3,(H,39,44)/t27-,28-,29-,31+,32+,33-,37+/m0/s1. The van der Waals surface area contributed by atoms with Gasteiger partial charge in [-0.3, -0.25) is 19.2 Å². The van der Waals surface area contributed by atoms with Crippen molar-refractivity contribution in [3.63, 3.8) is 0 Å². The molecule has 3 aliphatic rings. The predicted octanol–water partition coefficient (Wildman–Crippen LogP) is 4.62. The van der Waals surface area contributed by atoms with Crippen LogP contribution in [0.15, 0.2) is 79.9 Å². The lowest BCUT2D eigenvalue weighted by molar-refractivity contribution is -0.147. The summed E-state index contributed by atoms with van der Waals surface area (Å²) in [5, 5.41) is 14.1. The first-order valence-corrected chi connectivity index (χ1v) is 16.9. The van der Waals surface area contributed by atoms with Crippen LogP contribution < -0.4 is 10.2 Å². The third-order valence-corrected chi connectivity index (χ3v) is 10.0. The molecule has 48 heavy (non-hydrogen) atoms. The molecule has 3 saturated heterocycles. The first kappa shape index (κ1) is 35.3. The maximum atomic E-state index is 14.7. The molecule has 11 heteroatoms. The number of esters is 1. The number of ether oxygens (including phenoxy) is 2. The van der Waals surface area contributed by atoms with Crippen LogP contribution in [0.1, 0.15) is 51.1 Å². The second-order valence-electron chi connectivity index (χ2n) is 13.0. The number of anilines is 1. The van der Waals surface area contributed by atoms with Crippen LogP contribution in [0.2, 0.25) is 5.02 Å². The fourth-order valence-electron chi connectivity index (χ4n) is 7.51. The lowest BCUT2D eigenvalue weighted by Crippen LogP contribution is -2.59. The summed E-state index contributed by atoms with van der Waals surface area (Å²) < 4.78 is 12.2.